The zero-order chi connectivity index (χ0) is 11.0. The Hall–Kier alpha value is -1.62. The molecule has 0 radical (unpaired) electrons. The largest absolute Gasteiger partial charge is 0.351 e. The van der Waals surface area contributed by atoms with Crippen LogP contribution in [0.5, 0.6) is 0 Å². The van der Waals surface area contributed by atoms with Crippen LogP contribution in [-0.2, 0) is 0 Å². The Morgan fingerprint density at radius 3 is 2.87 bits per heavy atom. The molecule has 2 rings (SSSR count). The molecule has 0 unspecified atom stereocenters. The molecule has 1 heterocycles. The Morgan fingerprint density at radius 1 is 1.53 bits per heavy atom. The number of carbonyl (C=O) groups excluding carboxylic acids is 1. The van der Waals surface area contributed by atoms with Gasteiger partial charge in [0.05, 0.1) is 10.2 Å². The van der Waals surface area contributed by atoms with Crippen LogP contribution in [-0.4, -0.2) is 18.1 Å². The highest BCUT2D eigenvalue weighted by Gasteiger charge is 2.12. The van der Waals surface area contributed by atoms with Crippen molar-refractivity contribution >= 4 is 32.7 Å². The number of para-hydroxylation sites is 1. The monoisotopic (exact) mass is 221 g/mol. The van der Waals surface area contributed by atoms with Crippen LogP contribution in [0.1, 0.15) is 5.56 Å². The van der Waals surface area contributed by atoms with E-state index in [1.807, 2.05) is 25.1 Å². The van der Waals surface area contributed by atoms with Gasteiger partial charge in [0.25, 0.3) is 0 Å². The van der Waals surface area contributed by atoms with E-state index in [1.165, 1.54) is 16.2 Å². The van der Waals surface area contributed by atoms with Crippen molar-refractivity contribution in [1.82, 2.24) is 4.98 Å². The van der Waals surface area contributed by atoms with E-state index in [-0.39, 0.29) is 0 Å². The number of benzene rings is 1. The average molecular weight is 221 g/mol. The number of nitrogens with two attached hydrogens (primary N) is 1. The molecule has 0 aliphatic carbocycles. The van der Waals surface area contributed by atoms with E-state index in [2.05, 4.69) is 4.98 Å². The van der Waals surface area contributed by atoms with Gasteiger partial charge in [-0.25, -0.2) is 9.78 Å². The van der Waals surface area contributed by atoms with Crippen LogP contribution in [0, 0.1) is 6.92 Å². The van der Waals surface area contributed by atoms with Crippen LogP contribution in [0.4, 0.5) is 9.93 Å². The predicted octanol–water partition coefficient (Wildman–Crippen LogP) is 2.12. The van der Waals surface area contributed by atoms with E-state index in [4.69, 9.17) is 5.73 Å². The lowest BCUT2D eigenvalue weighted by Crippen LogP contribution is -2.31. The minimum Gasteiger partial charge on any atom is -0.351 e. The highest BCUT2D eigenvalue weighted by Crippen LogP contribution is 2.29. The van der Waals surface area contributed by atoms with Gasteiger partial charge in [0, 0.05) is 7.05 Å². The molecule has 0 aliphatic rings. The minimum absolute atomic E-state index is 0.494. The van der Waals surface area contributed by atoms with Crippen LogP contribution in [0.15, 0.2) is 18.2 Å². The molecule has 2 N–H and O–H groups in total. The van der Waals surface area contributed by atoms with Crippen LogP contribution in [0.3, 0.4) is 0 Å². The first-order valence-corrected chi connectivity index (χ1v) is 5.30. The first-order valence-electron chi connectivity index (χ1n) is 4.49. The summed E-state index contributed by atoms with van der Waals surface area (Å²) in [5, 5.41) is 0.631. The van der Waals surface area contributed by atoms with Crippen molar-refractivity contribution in [2.45, 2.75) is 6.92 Å². The molecule has 15 heavy (non-hydrogen) atoms. The fourth-order valence-electron chi connectivity index (χ4n) is 1.31. The van der Waals surface area contributed by atoms with Gasteiger partial charge in [-0.1, -0.05) is 23.5 Å². The summed E-state index contributed by atoms with van der Waals surface area (Å²) in [7, 11) is 1.62. The molecular weight excluding hydrogens is 210 g/mol. The second-order valence-electron chi connectivity index (χ2n) is 3.32. The number of rotatable bonds is 1. The number of primary amides is 1. The zero-order valence-electron chi connectivity index (χ0n) is 8.52. The predicted molar refractivity (Wildman–Crippen MR) is 62.3 cm³/mol. The summed E-state index contributed by atoms with van der Waals surface area (Å²) >= 11 is 1.46. The van der Waals surface area contributed by atoms with E-state index in [9.17, 15) is 4.79 Å². The first-order chi connectivity index (χ1) is 7.09. The number of anilines is 1. The number of hydrogen-bond donors (Lipinski definition) is 1. The quantitative estimate of drug-likeness (QED) is 0.801. The molecule has 0 saturated carbocycles. The summed E-state index contributed by atoms with van der Waals surface area (Å²) in [6.07, 6.45) is 0. The number of aryl methyl sites for hydroxylation is 1. The zero-order valence-corrected chi connectivity index (χ0v) is 9.34. The molecule has 78 valence electrons. The lowest BCUT2D eigenvalue weighted by atomic mass is 10.2. The van der Waals surface area contributed by atoms with E-state index >= 15 is 0 Å². The van der Waals surface area contributed by atoms with Gasteiger partial charge in [-0.3, -0.25) is 4.90 Å². The van der Waals surface area contributed by atoms with Crippen LogP contribution in [0.25, 0.3) is 10.2 Å². The second kappa shape index (κ2) is 3.51. The topological polar surface area (TPSA) is 59.2 Å². The van der Waals surface area contributed by atoms with Gasteiger partial charge < -0.3 is 5.73 Å². The number of carbonyl (C=O) groups is 1. The molecule has 0 aliphatic heterocycles. The van der Waals surface area contributed by atoms with Gasteiger partial charge >= 0.3 is 6.03 Å². The van der Waals surface area contributed by atoms with Gasteiger partial charge in [-0.05, 0) is 18.6 Å². The lowest BCUT2D eigenvalue weighted by molar-refractivity contribution is 0.255. The third-order valence-electron chi connectivity index (χ3n) is 2.23. The fourth-order valence-corrected chi connectivity index (χ4v) is 2.32. The molecule has 0 spiro atoms. The number of amides is 2. The third-order valence-corrected chi connectivity index (χ3v) is 3.32. The normalized spacial score (nSPS) is 10.5. The molecule has 0 bridgehead atoms. The average Bonchev–Trinajstić information content (AvgIpc) is 2.61. The summed E-state index contributed by atoms with van der Waals surface area (Å²) in [4.78, 5) is 16.7. The molecule has 1 aromatic heterocycles. The van der Waals surface area contributed by atoms with Crippen molar-refractivity contribution in [2.75, 3.05) is 11.9 Å². The Morgan fingerprint density at radius 2 is 2.27 bits per heavy atom. The second-order valence-corrected chi connectivity index (χ2v) is 4.32. The van der Waals surface area contributed by atoms with Crippen molar-refractivity contribution in [3.8, 4) is 0 Å². The molecule has 5 heteroatoms. The van der Waals surface area contributed by atoms with Crippen molar-refractivity contribution in [1.29, 1.82) is 0 Å². The minimum atomic E-state index is -0.494. The first kappa shape index (κ1) is 9.92. The summed E-state index contributed by atoms with van der Waals surface area (Å²) < 4.78 is 1.07. The number of aromatic nitrogens is 1. The van der Waals surface area contributed by atoms with Crippen LogP contribution < -0.4 is 10.6 Å². The molecule has 0 fully saturated rings. The number of hydrogen-bond acceptors (Lipinski definition) is 3. The van der Waals surface area contributed by atoms with E-state index in [0.717, 1.165) is 15.8 Å². The fraction of sp³-hybridized carbons (Fsp3) is 0.200. The number of fused-ring (bicyclic) bond motifs is 1. The highest BCUT2D eigenvalue weighted by atomic mass is 32.1. The molecule has 2 amide bonds. The molecule has 0 atom stereocenters. The van der Waals surface area contributed by atoms with Gasteiger partial charge in [-0.15, -0.1) is 0 Å². The maximum Gasteiger partial charge on any atom is 0.320 e. The molecular formula is C10H11N3OS. The van der Waals surface area contributed by atoms with E-state index < -0.39 is 6.03 Å². The maximum absolute atomic E-state index is 11.0. The van der Waals surface area contributed by atoms with Gasteiger partial charge in [0.1, 0.15) is 0 Å². The summed E-state index contributed by atoms with van der Waals surface area (Å²) in [5.41, 5.74) is 7.22. The molecule has 4 nitrogen and oxygen atoms in total. The van der Waals surface area contributed by atoms with Crippen molar-refractivity contribution in [3.63, 3.8) is 0 Å². The molecule has 2 aromatic rings. The maximum atomic E-state index is 11.0. The number of urea groups is 1. The summed E-state index contributed by atoms with van der Waals surface area (Å²) in [6.45, 7) is 2.00. The lowest BCUT2D eigenvalue weighted by Gasteiger charge is -2.08. The standard InChI is InChI=1S/C10H11N3OS/c1-6-4-3-5-7-8(6)12-10(15-7)13(2)9(11)14/h3-5H,1-2H3,(H2,11,14). The highest BCUT2D eigenvalue weighted by molar-refractivity contribution is 7.22. The van der Waals surface area contributed by atoms with Gasteiger partial charge in [-0.2, -0.15) is 0 Å². The van der Waals surface area contributed by atoms with Crippen LogP contribution >= 0.6 is 11.3 Å². The smallest absolute Gasteiger partial charge is 0.320 e. The molecule has 1 aromatic carbocycles. The van der Waals surface area contributed by atoms with Crippen molar-refractivity contribution in [2.24, 2.45) is 5.73 Å². The Labute approximate surface area is 91.3 Å². The Bertz CT molecular complexity index is 520. The Balaban J connectivity index is 2.56. The van der Waals surface area contributed by atoms with Crippen molar-refractivity contribution in [3.05, 3.63) is 23.8 Å². The van der Waals surface area contributed by atoms with Crippen LogP contribution in [0.2, 0.25) is 0 Å². The van der Waals surface area contributed by atoms with E-state index in [0.29, 0.717) is 5.13 Å². The number of thiazole rings is 1. The summed E-state index contributed by atoms with van der Waals surface area (Å²) in [6, 6.07) is 5.46. The molecule has 0 saturated heterocycles. The van der Waals surface area contributed by atoms with Gasteiger partial charge in [0.15, 0.2) is 5.13 Å². The summed E-state index contributed by atoms with van der Waals surface area (Å²) in [5.74, 6) is 0. The van der Waals surface area contributed by atoms with E-state index in [1.54, 1.807) is 7.05 Å². The van der Waals surface area contributed by atoms with Gasteiger partial charge in [0.2, 0.25) is 0 Å². The van der Waals surface area contributed by atoms with Crippen molar-refractivity contribution < 1.29 is 4.79 Å². The SMILES string of the molecule is Cc1cccc2sc(N(C)C(N)=O)nc12. The Kier molecular flexibility index (Phi) is 2.32. The number of nitrogens with zero attached hydrogens (tertiary/aromatic N) is 2. The third kappa shape index (κ3) is 1.66.